The quantitative estimate of drug-likeness (QED) is 0.943. The van der Waals surface area contributed by atoms with E-state index >= 15 is 0 Å². The van der Waals surface area contributed by atoms with Crippen LogP contribution in [0.25, 0.3) is 0 Å². The van der Waals surface area contributed by atoms with Gasteiger partial charge in [0.05, 0.1) is 6.42 Å². The molecule has 23 heavy (non-hydrogen) atoms. The van der Waals surface area contributed by atoms with Crippen molar-refractivity contribution in [3.8, 4) is 0 Å². The fourth-order valence-electron chi connectivity index (χ4n) is 3.17. The number of nitrogens with zero attached hydrogens (tertiary/aromatic N) is 1. The second-order valence-corrected chi connectivity index (χ2v) is 6.08. The third-order valence-electron chi connectivity index (χ3n) is 4.44. The standard InChI is InChI=1S/C19H21FN2O/c20-18-6-2-5-16(11-18)17-7-8-22(13-17)19(23)10-14-3-1-4-15(9-14)12-21/h1-6,9,11,17H,7-8,10,12-13,21H2/t17-/m0/s1. The van der Waals surface area contributed by atoms with Crippen LogP contribution >= 0.6 is 0 Å². The highest BCUT2D eigenvalue weighted by Gasteiger charge is 2.27. The first kappa shape index (κ1) is 15.7. The molecule has 120 valence electrons. The molecule has 0 aromatic heterocycles. The number of hydrogen-bond donors (Lipinski definition) is 1. The van der Waals surface area contributed by atoms with E-state index < -0.39 is 0 Å². The number of rotatable bonds is 4. The molecule has 2 N–H and O–H groups in total. The summed E-state index contributed by atoms with van der Waals surface area (Å²) in [6, 6.07) is 14.5. The largest absolute Gasteiger partial charge is 0.342 e. The average Bonchev–Trinajstić information content (AvgIpc) is 3.05. The molecule has 1 fully saturated rings. The van der Waals surface area contributed by atoms with E-state index in [1.807, 2.05) is 35.2 Å². The summed E-state index contributed by atoms with van der Waals surface area (Å²) in [7, 11) is 0. The highest BCUT2D eigenvalue weighted by atomic mass is 19.1. The maximum absolute atomic E-state index is 13.3. The van der Waals surface area contributed by atoms with Gasteiger partial charge in [-0.25, -0.2) is 4.39 Å². The molecule has 0 aliphatic carbocycles. The Hall–Kier alpha value is -2.20. The Kier molecular flexibility index (Phi) is 4.72. The molecule has 2 aromatic rings. The maximum Gasteiger partial charge on any atom is 0.227 e. The predicted octanol–water partition coefficient (Wildman–Crippen LogP) is 2.84. The number of hydrogen-bond acceptors (Lipinski definition) is 2. The van der Waals surface area contributed by atoms with Gasteiger partial charge in [0.2, 0.25) is 5.91 Å². The van der Waals surface area contributed by atoms with Gasteiger partial charge in [0.15, 0.2) is 0 Å². The molecule has 3 nitrogen and oxygen atoms in total. The molecule has 1 aliphatic rings. The van der Waals surface area contributed by atoms with Gasteiger partial charge in [-0.05, 0) is 35.2 Å². The van der Waals surface area contributed by atoms with E-state index in [1.54, 1.807) is 12.1 Å². The molecule has 0 spiro atoms. The van der Waals surface area contributed by atoms with Crippen LogP contribution in [-0.4, -0.2) is 23.9 Å². The lowest BCUT2D eigenvalue weighted by Crippen LogP contribution is -2.29. The third-order valence-corrected chi connectivity index (χ3v) is 4.44. The van der Waals surface area contributed by atoms with Gasteiger partial charge in [0.1, 0.15) is 5.82 Å². The Bertz CT molecular complexity index is 701. The lowest BCUT2D eigenvalue weighted by Gasteiger charge is -2.17. The molecule has 1 heterocycles. The van der Waals surface area contributed by atoms with Gasteiger partial charge in [0, 0.05) is 25.6 Å². The predicted molar refractivity (Wildman–Crippen MR) is 88.4 cm³/mol. The molecule has 0 unspecified atom stereocenters. The van der Waals surface area contributed by atoms with E-state index in [2.05, 4.69) is 0 Å². The summed E-state index contributed by atoms with van der Waals surface area (Å²) in [6.45, 7) is 1.88. The van der Waals surface area contributed by atoms with E-state index in [4.69, 9.17) is 5.73 Å². The van der Waals surface area contributed by atoms with Gasteiger partial charge < -0.3 is 10.6 Å². The number of carbonyl (C=O) groups excluding carboxylic acids is 1. The van der Waals surface area contributed by atoms with Crippen LogP contribution in [0.5, 0.6) is 0 Å². The Morgan fingerprint density at radius 1 is 1.17 bits per heavy atom. The molecule has 0 bridgehead atoms. The zero-order valence-electron chi connectivity index (χ0n) is 13.0. The average molecular weight is 312 g/mol. The van der Waals surface area contributed by atoms with Crippen LogP contribution in [0.2, 0.25) is 0 Å². The topological polar surface area (TPSA) is 46.3 Å². The SMILES string of the molecule is NCc1cccc(CC(=O)N2CC[C@H](c3cccc(F)c3)C2)c1. The number of carbonyl (C=O) groups is 1. The first-order chi connectivity index (χ1) is 11.2. The van der Waals surface area contributed by atoms with Gasteiger partial charge in [-0.15, -0.1) is 0 Å². The van der Waals surface area contributed by atoms with Crippen molar-refractivity contribution in [3.63, 3.8) is 0 Å². The monoisotopic (exact) mass is 312 g/mol. The minimum Gasteiger partial charge on any atom is -0.342 e. The van der Waals surface area contributed by atoms with Crippen LogP contribution in [0.4, 0.5) is 4.39 Å². The summed E-state index contributed by atoms with van der Waals surface area (Å²) in [5.74, 6) is 0.133. The summed E-state index contributed by atoms with van der Waals surface area (Å²) < 4.78 is 13.3. The van der Waals surface area contributed by atoms with Crippen LogP contribution in [0, 0.1) is 5.82 Å². The number of benzene rings is 2. The highest BCUT2D eigenvalue weighted by molar-refractivity contribution is 5.79. The molecule has 3 rings (SSSR count). The summed E-state index contributed by atoms with van der Waals surface area (Å²) >= 11 is 0. The Balaban J connectivity index is 1.63. The van der Waals surface area contributed by atoms with Crippen molar-refractivity contribution in [3.05, 3.63) is 71.0 Å². The van der Waals surface area contributed by atoms with Crippen molar-refractivity contribution in [1.82, 2.24) is 4.90 Å². The fourth-order valence-corrected chi connectivity index (χ4v) is 3.17. The van der Waals surface area contributed by atoms with E-state index in [9.17, 15) is 9.18 Å². The molecule has 0 saturated carbocycles. The van der Waals surface area contributed by atoms with Gasteiger partial charge >= 0.3 is 0 Å². The van der Waals surface area contributed by atoms with Crippen molar-refractivity contribution in [2.24, 2.45) is 5.73 Å². The second kappa shape index (κ2) is 6.92. The van der Waals surface area contributed by atoms with Crippen LogP contribution in [0.1, 0.15) is 29.0 Å². The smallest absolute Gasteiger partial charge is 0.227 e. The number of nitrogens with two attached hydrogens (primary N) is 1. The Labute approximate surface area is 135 Å². The third kappa shape index (κ3) is 3.77. The van der Waals surface area contributed by atoms with Gasteiger partial charge in [-0.2, -0.15) is 0 Å². The number of amides is 1. The van der Waals surface area contributed by atoms with Gasteiger partial charge in [-0.3, -0.25) is 4.79 Å². The zero-order valence-corrected chi connectivity index (χ0v) is 13.0. The second-order valence-electron chi connectivity index (χ2n) is 6.08. The van der Waals surface area contributed by atoms with E-state index in [0.717, 1.165) is 29.7 Å². The first-order valence-electron chi connectivity index (χ1n) is 7.97. The van der Waals surface area contributed by atoms with E-state index in [0.29, 0.717) is 19.5 Å². The summed E-state index contributed by atoms with van der Waals surface area (Å²) in [5, 5.41) is 0. The Morgan fingerprint density at radius 3 is 2.74 bits per heavy atom. The van der Waals surface area contributed by atoms with Crippen LogP contribution in [-0.2, 0) is 17.8 Å². The van der Waals surface area contributed by atoms with Crippen molar-refractivity contribution < 1.29 is 9.18 Å². The fraction of sp³-hybridized carbons (Fsp3) is 0.316. The van der Waals surface area contributed by atoms with Crippen molar-refractivity contribution in [2.45, 2.75) is 25.3 Å². The lowest BCUT2D eigenvalue weighted by molar-refractivity contribution is -0.129. The molecule has 1 atom stereocenters. The minimum absolute atomic E-state index is 0.123. The van der Waals surface area contributed by atoms with Crippen LogP contribution in [0.15, 0.2) is 48.5 Å². The molecule has 0 radical (unpaired) electrons. The zero-order chi connectivity index (χ0) is 16.2. The maximum atomic E-state index is 13.3. The summed E-state index contributed by atoms with van der Waals surface area (Å²) in [5.41, 5.74) is 8.65. The van der Waals surface area contributed by atoms with Crippen molar-refractivity contribution in [2.75, 3.05) is 13.1 Å². The van der Waals surface area contributed by atoms with Crippen molar-refractivity contribution in [1.29, 1.82) is 0 Å². The molecule has 4 heteroatoms. The number of halogens is 1. The Morgan fingerprint density at radius 2 is 1.96 bits per heavy atom. The number of likely N-dealkylation sites (tertiary alicyclic amines) is 1. The lowest BCUT2D eigenvalue weighted by atomic mass is 9.98. The van der Waals surface area contributed by atoms with Crippen LogP contribution < -0.4 is 5.73 Å². The van der Waals surface area contributed by atoms with E-state index in [-0.39, 0.29) is 17.6 Å². The molecular formula is C19H21FN2O. The van der Waals surface area contributed by atoms with Gasteiger partial charge in [-0.1, -0.05) is 36.4 Å². The van der Waals surface area contributed by atoms with Gasteiger partial charge in [0.25, 0.3) is 0 Å². The molecule has 1 saturated heterocycles. The molecule has 1 aliphatic heterocycles. The van der Waals surface area contributed by atoms with Crippen molar-refractivity contribution >= 4 is 5.91 Å². The summed E-state index contributed by atoms with van der Waals surface area (Å²) in [6.07, 6.45) is 1.28. The molecule has 2 aromatic carbocycles. The van der Waals surface area contributed by atoms with E-state index in [1.165, 1.54) is 6.07 Å². The minimum atomic E-state index is -0.217. The molecular weight excluding hydrogens is 291 g/mol. The normalized spacial score (nSPS) is 17.5. The van der Waals surface area contributed by atoms with Crippen LogP contribution in [0.3, 0.4) is 0 Å². The first-order valence-corrected chi connectivity index (χ1v) is 7.97. The summed E-state index contributed by atoms with van der Waals surface area (Å²) in [4.78, 5) is 14.4. The molecule has 1 amide bonds. The highest BCUT2D eigenvalue weighted by Crippen LogP contribution is 2.28.